The van der Waals surface area contributed by atoms with Crippen molar-refractivity contribution in [3.8, 4) is 0 Å². The van der Waals surface area contributed by atoms with Gasteiger partial charge in [0.15, 0.2) is 0 Å². The molecule has 0 atom stereocenters. The molecule has 2 heteroatoms. The summed E-state index contributed by atoms with van der Waals surface area (Å²) >= 11 is 0. The maximum absolute atomic E-state index is 4.91. The van der Waals surface area contributed by atoms with Crippen molar-refractivity contribution in [3.05, 3.63) is 0 Å². The first-order valence-corrected chi connectivity index (χ1v) is 3.06. The van der Waals surface area contributed by atoms with Crippen molar-refractivity contribution in [2.24, 2.45) is 0 Å². The molecule has 0 spiro atoms. The van der Waals surface area contributed by atoms with Crippen LogP contribution in [0, 0.1) is 0 Å². The van der Waals surface area contributed by atoms with Gasteiger partial charge in [-0.05, 0) is 13.1 Å². The summed E-state index contributed by atoms with van der Waals surface area (Å²) in [5.41, 5.74) is 0. The molecule has 0 saturated heterocycles. The Labute approximate surface area is 51.4 Å². The largest absolute Gasteiger partial charge is 0.369 e. The molecular weight excluding hydrogens is 102 g/mol. The highest BCUT2D eigenvalue weighted by molar-refractivity contribution is 4.41. The van der Waals surface area contributed by atoms with Crippen LogP contribution >= 0.6 is 0 Å². The van der Waals surface area contributed by atoms with Crippen LogP contribution < -0.4 is 0 Å². The summed E-state index contributed by atoms with van der Waals surface area (Å²) in [6, 6.07) is 0. The minimum atomic E-state index is 0.757. The summed E-state index contributed by atoms with van der Waals surface area (Å²) in [6.45, 7) is 7.16. The third-order valence-electron chi connectivity index (χ3n) is 1.21. The van der Waals surface area contributed by atoms with Gasteiger partial charge in [-0.15, -0.1) is 0 Å². The average Bonchev–Trinajstić information content (AvgIpc) is 1.83. The standard InChI is InChI=1S/C6H15NO/c1-4-7(5-2)6-8-3/h4-6H2,1-3H3. The summed E-state index contributed by atoms with van der Waals surface area (Å²) in [7, 11) is 1.72. The van der Waals surface area contributed by atoms with Gasteiger partial charge in [-0.25, -0.2) is 0 Å². The van der Waals surface area contributed by atoms with Crippen LogP contribution in [0.2, 0.25) is 0 Å². The fourth-order valence-electron chi connectivity index (χ4n) is 0.589. The monoisotopic (exact) mass is 117 g/mol. The lowest BCUT2D eigenvalue weighted by molar-refractivity contribution is 0.0709. The van der Waals surface area contributed by atoms with Crippen molar-refractivity contribution in [2.75, 3.05) is 26.9 Å². The van der Waals surface area contributed by atoms with E-state index < -0.39 is 0 Å². The fourth-order valence-corrected chi connectivity index (χ4v) is 0.589. The van der Waals surface area contributed by atoms with Crippen LogP contribution in [0.1, 0.15) is 13.8 Å². The first kappa shape index (κ1) is 7.92. The van der Waals surface area contributed by atoms with E-state index in [2.05, 4.69) is 18.7 Å². The Hall–Kier alpha value is -0.0800. The number of methoxy groups -OCH3 is 1. The molecule has 0 aliphatic carbocycles. The summed E-state index contributed by atoms with van der Waals surface area (Å²) in [5.74, 6) is 0. The summed E-state index contributed by atoms with van der Waals surface area (Å²) in [5, 5.41) is 0. The Morgan fingerprint density at radius 2 is 1.75 bits per heavy atom. The minimum Gasteiger partial charge on any atom is -0.369 e. The van der Waals surface area contributed by atoms with Crippen LogP contribution in [-0.4, -0.2) is 31.8 Å². The summed E-state index contributed by atoms with van der Waals surface area (Å²) in [6.07, 6.45) is 0. The predicted octanol–water partition coefficient (Wildman–Crippen LogP) is 0.932. The summed E-state index contributed by atoms with van der Waals surface area (Å²) < 4.78 is 4.91. The Balaban J connectivity index is 3.07. The fraction of sp³-hybridized carbons (Fsp3) is 1.00. The zero-order valence-electron chi connectivity index (χ0n) is 5.98. The molecule has 0 aromatic carbocycles. The molecule has 0 aromatic rings. The molecule has 0 aliphatic heterocycles. The molecule has 0 rings (SSSR count). The highest BCUT2D eigenvalue weighted by atomic mass is 16.5. The maximum atomic E-state index is 4.91. The molecule has 0 aromatic heterocycles. The predicted molar refractivity (Wildman–Crippen MR) is 34.8 cm³/mol. The second-order valence-corrected chi connectivity index (χ2v) is 1.72. The van der Waals surface area contributed by atoms with Gasteiger partial charge in [0.25, 0.3) is 0 Å². The molecule has 0 N–H and O–H groups in total. The Bertz CT molecular complexity index is 43.8. The van der Waals surface area contributed by atoms with Gasteiger partial charge in [0.1, 0.15) is 0 Å². The lowest BCUT2D eigenvalue weighted by Crippen LogP contribution is -2.24. The molecule has 0 unspecified atom stereocenters. The van der Waals surface area contributed by atoms with E-state index in [-0.39, 0.29) is 0 Å². The highest BCUT2D eigenvalue weighted by Gasteiger charge is 1.93. The quantitative estimate of drug-likeness (QED) is 0.508. The Morgan fingerprint density at radius 3 is 1.88 bits per heavy atom. The number of rotatable bonds is 4. The van der Waals surface area contributed by atoms with Gasteiger partial charge in [0, 0.05) is 7.11 Å². The SMILES string of the molecule is CCN(CC)COC. The number of hydrogen-bond acceptors (Lipinski definition) is 2. The zero-order valence-corrected chi connectivity index (χ0v) is 5.98. The number of hydrogen-bond donors (Lipinski definition) is 0. The van der Waals surface area contributed by atoms with Gasteiger partial charge in [-0.1, -0.05) is 13.8 Å². The first-order valence-electron chi connectivity index (χ1n) is 3.06. The van der Waals surface area contributed by atoms with E-state index in [0.29, 0.717) is 0 Å². The van der Waals surface area contributed by atoms with Crippen LogP contribution in [-0.2, 0) is 4.74 Å². The average molecular weight is 117 g/mol. The van der Waals surface area contributed by atoms with E-state index >= 15 is 0 Å². The van der Waals surface area contributed by atoms with Crippen LogP contribution in [0.15, 0.2) is 0 Å². The molecule has 0 saturated carbocycles. The van der Waals surface area contributed by atoms with E-state index in [0.717, 1.165) is 19.8 Å². The van der Waals surface area contributed by atoms with Crippen molar-refractivity contribution in [1.29, 1.82) is 0 Å². The number of nitrogens with zero attached hydrogens (tertiary/aromatic N) is 1. The van der Waals surface area contributed by atoms with E-state index in [1.54, 1.807) is 7.11 Å². The molecule has 0 heterocycles. The Kier molecular flexibility index (Phi) is 5.01. The topological polar surface area (TPSA) is 12.5 Å². The van der Waals surface area contributed by atoms with Gasteiger partial charge in [0.05, 0.1) is 6.73 Å². The van der Waals surface area contributed by atoms with Crippen molar-refractivity contribution in [2.45, 2.75) is 13.8 Å². The van der Waals surface area contributed by atoms with E-state index in [1.165, 1.54) is 0 Å². The lowest BCUT2D eigenvalue weighted by Gasteiger charge is -2.15. The molecule has 0 aliphatic rings. The molecule has 0 bridgehead atoms. The van der Waals surface area contributed by atoms with Gasteiger partial charge in [-0.2, -0.15) is 0 Å². The van der Waals surface area contributed by atoms with Gasteiger partial charge in [-0.3, -0.25) is 4.90 Å². The minimum absolute atomic E-state index is 0.757. The van der Waals surface area contributed by atoms with Gasteiger partial charge in [0.2, 0.25) is 0 Å². The number of ether oxygens (including phenoxy) is 1. The van der Waals surface area contributed by atoms with Crippen molar-refractivity contribution < 1.29 is 4.74 Å². The molecule has 2 nitrogen and oxygen atoms in total. The first-order chi connectivity index (χ1) is 3.85. The second-order valence-electron chi connectivity index (χ2n) is 1.72. The van der Waals surface area contributed by atoms with Crippen molar-refractivity contribution in [1.82, 2.24) is 4.90 Å². The molecule has 50 valence electrons. The third-order valence-corrected chi connectivity index (χ3v) is 1.21. The molecule has 0 fully saturated rings. The maximum Gasteiger partial charge on any atom is 0.0986 e. The van der Waals surface area contributed by atoms with Crippen molar-refractivity contribution >= 4 is 0 Å². The third kappa shape index (κ3) is 2.99. The van der Waals surface area contributed by atoms with Gasteiger partial charge < -0.3 is 4.74 Å². The van der Waals surface area contributed by atoms with Crippen LogP contribution in [0.4, 0.5) is 0 Å². The molecule has 8 heavy (non-hydrogen) atoms. The normalized spacial score (nSPS) is 10.5. The molecule has 0 amide bonds. The summed E-state index contributed by atoms with van der Waals surface area (Å²) in [4.78, 5) is 2.21. The zero-order chi connectivity index (χ0) is 6.41. The smallest absolute Gasteiger partial charge is 0.0986 e. The van der Waals surface area contributed by atoms with Crippen LogP contribution in [0.5, 0.6) is 0 Å². The van der Waals surface area contributed by atoms with Gasteiger partial charge >= 0.3 is 0 Å². The molecular formula is C6H15NO. The van der Waals surface area contributed by atoms with E-state index in [1.807, 2.05) is 0 Å². The molecule has 0 radical (unpaired) electrons. The lowest BCUT2D eigenvalue weighted by atomic mass is 10.6. The highest BCUT2D eigenvalue weighted by Crippen LogP contribution is 1.83. The van der Waals surface area contributed by atoms with E-state index in [9.17, 15) is 0 Å². The Morgan fingerprint density at radius 1 is 1.25 bits per heavy atom. The van der Waals surface area contributed by atoms with Crippen LogP contribution in [0.3, 0.4) is 0 Å². The van der Waals surface area contributed by atoms with E-state index in [4.69, 9.17) is 4.74 Å². The van der Waals surface area contributed by atoms with Crippen LogP contribution in [0.25, 0.3) is 0 Å². The van der Waals surface area contributed by atoms with Crippen molar-refractivity contribution in [3.63, 3.8) is 0 Å². The second kappa shape index (κ2) is 5.06.